The zero-order valence-electron chi connectivity index (χ0n) is 9.00. The van der Waals surface area contributed by atoms with E-state index >= 15 is 0 Å². The molecule has 0 aromatic carbocycles. The van der Waals surface area contributed by atoms with Crippen LogP contribution in [0, 0.1) is 5.92 Å². The fourth-order valence-corrected chi connectivity index (χ4v) is 2.91. The maximum Gasteiger partial charge on any atom is 0.352 e. The number of sulfone groups is 1. The van der Waals surface area contributed by atoms with Crippen molar-refractivity contribution in [1.29, 1.82) is 0 Å². The van der Waals surface area contributed by atoms with Crippen molar-refractivity contribution in [2.45, 2.75) is 26.4 Å². The summed E-state index contributed by atoms with van der Waals surface area (Å²) in [4.78, 5) is 11.0. The van der Waals surface area contributed by atoms with Gasteiger partial charge in [0.05, 0.1) is 5.03 Å². The third kappa shape index (κ3) is 1.90. The lowest BCUT2D eigenvalue weighted by atomic mass is 9.93. The van der Waals surface area contributed by atoms with E-state index in [-0.39, 0.29) is 11.0 Å². The smallest absolute Gasteiger partial charge is 0.352 e. The Morgan fingerprint density at radius 2 is 1.87 bits per heavy atom. The molecule has 0 radical (unpaired) electrons. The van der Waals surface area contributed by atoms with Gasteiger partial charge >= 0.3 is 5.97 Å². The standard InChI is InChI=1S/C9H13ClO4S/c1-5(2)9(3)7(10)6(8(11)14-9)15(4,12)13/h5H,1-4H3. The first-order chi connectivity index (χ1) is 6.60. The summed E-state index contributed by atoms with van der Waals surface area (Å²) in [6, 6.07) is 0. The molecule has 1 heterocycles. The molecule has 6 heteroatoms. The van der Waals surface area contributed by atoms with Crippen molar-refractivity contribution >= 4 is 27.4 Å². The number of hydrogen-bond acceptors (Lipinski definition) is 4. The van der Waals surface area contributed by atoms with E-state index in [0.717, 1.165) is 6.26 Å². The second-order valence-corrected chi connectivity index (χ2v) is 6.40. The van der Waals surface area contributed by atoms with Gasteiger partial charge in [-0.2, -0.15) is 0 Å². The number of esters is 1. The van der Waals surface area contributed by atoms with E-state index in [0.29, 0.717) is 0 Å². The molecule has 0 bridgehead atoms. The van der Waals surface area contributed by atoms with Gasteiger partial charge in [0.25, 0.3) is 0 Å². The third-order valence-electron chi connectivity index (χ3n) is 2.60. The van der Waals surface area contributed by atoms with Gasteiger partial charge in [0.15, 0.2) is 14.7 Å². The summed E-state index contributed by atoms with van der Waals surface area (Å²) in [5.74, 6) is -0.952. The van der Waals surface area contributed by atoms with Crippen molar-refractivity contribution in [3.05, 3.63) is 9.94 Å². The van der Waals surface area contributed by atoms with Crippen LogP contribution >= 0.6 is 11.6 Å². The van der Waals surface area contributed by atoms with Gasteiger partial charge in [0, 0.05) is 6.26 Å². The summed E-state index contributed by atoms with van der Waals surface area (Å²) in [6.45, 7) is 5.22. The lowest BCUT2D eigenvalue weighted by molar-refractivity contribution is -0.147. The fourth-order valence-electron chi connectivity index (χ4n) is 1.28. The Kier molecular flexibility index (Phi) is 2.91. The van der Waals surface area contributed by atoms with Crippen LogP contribution in [0.4, 0.5) is 0 Å². The fraction of sp³-hybridized carbons (Fsp3) is 0.667. The number of hydrogen-bond donors (Lipinski definition) is 0. The van der Waals surface area contributed by atoms with Crippen molar-refractivity contribution < 1.29 is 17.9 Å². The molecule has 1 unspecified atom stereocenters. The Morgan fingerprint density at radius 3 is 2.07 bits per heavy atom. The number of carbonyl (C=O) groups is 1. The molecule has 1 aliphatic heterocycles. The summed E-state index contributed by atoms with van der Waals surface area (Å²) < 4.78 is 27.7. The molecular formula is C9H13ClO4S. The number of carbonyl (C=O) groups excluding carboxylic acids is 1. The van der Waals surface area contributed by atoms with E-state index in [1.54, 1.807) is 20.8 Å². The maximum atomic E-state index is 11.4. The largest absolute Gasteiger partial charge is 0.449 e. The molecule has 0 amide bonds. The Morgan fingerprint density at radius 1 is 1.40 bits per heavy atom. The Bertz CT molecular complexity index is 435. The summed E-state index contributed by atoms with van der Waals surface area (Å²) >= 11 is 5.91. The van der Waals surface area contributed by atoms with Crippen LogP contribution in [0.2, 0.25) is 0 Å². The van der Waals surface area contributed by atoms with Crippen LogP contribution in [0.5, 0.6) is 0 Å². The van der Waals surface area contributed by atoms with Crippen LogP contribution in [-0.4, -0.2) is 26.2 Å². The molecule has 0 aromatic heterocycles. The van der Waals surface area contributed by atoms with Gasteiger partial charge in [0.2, 0.25) is 0 Å². The molecule has 0 saturated carbocycles. The Labute approximate surface area is 94.2 Å². The predicted molar refractivity (Wildman–Crippen MR) is 57.1 cm³/mol. The molecule has 0 aromatic rings. The Balaban J connectivity index is 3.40. The highest BCUT2D eigenvalue weighted by atomic mass is 35.5. The summed E-state index contributed by atoms with van der Waals surface area (Å²) in [5.41, 5.74) is -1.03. The number of rotatable bonds is 2. The quantitative estimate of drug-likeness (QED) is 0.698. The monoisotopic (exact) mass is 252 g/mol. The first-order valence-corrected chi connectivity index (χ1v) is 6.71. The molecular weight excluding hydrogens is 240 g/mol. The van der Waals surface area contributed by atoms with Gasteiger partial charge in [-0.05, 0) is 12.8 Å². The van der Waals surface area contributed by atoms with Gasteiger partial charge in [-0.15, -0.1) is 0 Å². The van der Waals surface area contributed by atoms with Crippen LogP contribution < -0.4 is 0 Å². The zero-order chi connectivity index (χ0) is 12.0. The van der Waals surface area contributed by atoms with Crippen LogP contribution in [0.25, 0.3) is 0 Å². The number of halogens is 1. The molecule has 4 nitrogen and oxygen atoms in total. The van der Waals surface area contributed by atoms with E-state index in [1.807, 2.05) is 0 Å². The molecule has 1 rings (SSSR count). The van der Waals surface area contributed by atoms with Crippen molar-refractivity contribution in [3.8, 4) is 0 Å². The normalized spacial score (nSPS) is 27.5. The lowest BCUT2D eigenvalue weighted by Gasteiger charge is -2.27. The number of ether oxygens (including phenoxy) is 1. The van der Waals surface area contributed by atoms with E-state index in [4.69, 9.17) is 16.3 Å². The van der Waals surface area contributed by atoms with Gasteiger partial charge in [-0.3, -0.25) is 0 Å². The highest BCUT2D eigenvalue weighted by molar-refractivity contribution is 7.95. The van der Waals surface area contributed by atoms with Gasteiger partial charge < -0.3 is 4.74 Å². The molecule has 0 spiro atoms. The average molecular weight is 253 g/mol. The molecule has 0 N–H and O–H groups in total. The second kappa shape index (κ2) is 3.49. The van der Waals surface area contributed by atoms with E-state index in [1.165, 1.54) is 0 Å². The van der Waals surface area contributed by atoms with Crippen molar-refractivity contribution in [1.82, 2.24) is 0 Å². The molecule has 0 saturated heterocycles. The van der Waals surface area contributed by atoms with E-state index in [2.05, 4.69) is 0 Å². The second-order valence-electron chi connectivity index (χ2n) is 4.07. The zero-order valence-corrected chi connectivity index (χ0v) is 10.6. The van der Waals surface area contributed by atoms with Crippen molar-refractivity contribution in [2.75, 3.05) is 6.26 Å². The maximum absolute atomic E-state index is 11.4. The minimum absolute atomic E-state index is 0.0231. The van der Waals surface area contributed by atoms with Crippen molar-refractivity contribution in [3.63, 3.8) is 0 Å². The highest BCUT2D eigenvalue weighted by Crippen LogP contribution is 2.42. The topological polar surface area (TPSA) is 60.4 Å². The lowest BCUT2D eigenvalue weighted by Crippen LogP contribution is -2.32. The molecule has 0 fully saturated rings. The van der Waals surface area contributed by atoms with E-state index < -0.39 is 26.3 Å². The average Bonchev–Trinajstić information content (AvgIpc) is 2.22. The first kappa shape index (κ1) is 12.5. The summed E-state index contributed by atoms with van der Waals surface area (Å²) in [6.07, 6.45) is 0.942. The van der Waals surface area contributed by atoms with Gasteiger partial charge in [-0.25, -0.2) is 13.2 Å². The molecule has 1 aliphatic rings. The molecule has 15 heavy (non-hydrogen) atoms. The molecule has 0 aliphatic carbocycles. The molecule has 1 atom stereocenters. The van der Waals surface area contributed by atoms with Gasteiger partial charge in [0.1, 0.15) is 5.60 Å². The van der Waals surface area contributed by atoms with Crippen molar-refractivity contribution in [2.24, 2.45) is 5.92 Å². The minimum Gasteiger partial charge on any atom is -0.449 e. The van der Waals surface area contributed by atoms with Crippen LogP contribution in [0.3, 0.4) is 0 Å². The Hall–Kier alpha value is -0.550. The van der Waals surface area contributed by atoms with Gasteiger partial charge in [-0.1, -0.05) is 25.4 Å². The summed E-state index contributed by atoms with van der Waals surface area (Å²) in [7, 11) is -3.63. The van der Waals surface area contributed by atoms with Crippen LogP contribution in [0.15, 0.2) is 9.94 Å². The van der Waals surface area contributed by atoms with Crippen LogP contribution in [0.1, 0.15) is 20.8 Å². The summed E-state index contributed by atoms with van der Waals surface area (Å²) in [5, 5.41) is -0.0231. The third-order valence-corrected chi connectivity index (χ3v) is 4.39. The predicted octanol–water partition coefficient (Wildman–Crippen LogP) is 1.45. The number of cyclic esters (lactones) is 1. The SMILES string of the molecule is CC(C)C1(C)OC(=O)C(S(C)(=O)=O)=C1Cl. The van der Waals surface area contributed by atoms with E-state index in [9.17, 15) is 13.2 Å². The highest BCUT2D eigenvalue weighted by Gasteiger charge is 2.48. The molecule has 86 valence electrons. The first-order valence-electron chi connectivity index (χ1n) is 4.44. The minimum atomic E-state index is -3.63. The van der Waals surface area contributed by atoms with Crippen LogP contribution in [-0.2, 0) is 19.4 Å².